The minimum atomic E-state index is -0.350. The third kappa shape index (κ3) is 10.1. The summed E-state index contributed by atoms with van der Waals surface area (Å²) in [6.45, 7) is 7.88. The van der Waals surface area contributed by atoms with Gasteiger partial charge in [0.15, 0.2) is 11.5 Å². The van der Waals surface area contributed by atoms with Gasteiger partial charge in [-0.1, -0.05) is 64.5 Å². The third-order valence-electron chi connectivity index (χ3n) is 4.19. The molecule has 0 aliphatic carbocycles. The Kier molecular flexibility index (Phi) is 12.9. The topological polar surface area (TPSA) is 44.8 Å². The van der Waals surface area contributed by atoms with Gasteiger partial charge >= 0.3 is 5.97 Å². The summed E-state index contributed by atoms with van der Waals surface area (Å²) in [5, 5.41) is 0. The molecule has 0 fully saturated rings. The van der Waals surface area contributed by atoms with Gasteiger partial charge in [0.1, 0.15) is 0 Å². The maximum absolute atomic E-state index is 11.6. The number of ether oxygens (including phenoxy) is 3. The van der Waals surface area contributed by atoms with Crippen LogP contribution in [0, 0.1) is 0 Å². The van der Waals surface area contributed by atoms with Crippen molar-refractivity contribution < 1.29 is 19.0 Å². The number of unbranched alkanes of at least 4 members (excludes halogenated alkanes) is 6. The van der Waals surface area contributed by atoms with Crippen LogP contribution in [0.4, 0.5) is 0 Å². The molecule has 4 heteroatoms. The molecule has 0 unspecified atom stereocenters. The second kappa shape index (κ2) is 15.1. The van der Waals surface area contributed by atoms with Crippen LogP contribution in [0.2, 0.25) is 0 Å². The normalized spacial score (nSPS) is 10.9. The van der Waals surface area contributed by atoms with Gasteiger partial charge in [-0.15, -0.1) is 0 Å². The molecule has 4 nitrogen and oxygen atoms in total. The number of esters is 1. The smallest absolute Gasteiger partial charge is 0.330 e. The van der Waals surface area contributed by atoms with Crippen molar-refractivity contribution in [1.82, 2.24) is 0 Å². The van der Waals surface area contributed by atoms with Crippen LogP contribution in [0.1, 0.15) is 77.7 Å². The second-order valence-electron chi connectivity index (χ2n) is 6.58. The zero-order valence-corrected chi connectivity index (χ0v) is 17.3. The monoisotopic (exact) mass is 376 g/mol. The molecule has 0 aliphatic heterocycles. The van der Waals surface area contributed by atoms with E-state index in [1.165, 1.54) is 38.2 Å². The molecular weight excluding hydrogens is 340 g/mol. The fraction of sp³-hybridized carbons (Fsp3) is 0.609. The highest BCUT2D eigenvalue weighted by Gasteiger charge is 2.10. The number of rotatable bonds is 15. The van der Waals surface area contributed by atoms with E-state index in [2.05, 4.69) is 13.8 Å². The lowest BCUT2D eigenvalue weighted by Crippen LogP contribution is -2.04. The molecule has 0 saturated carbocycles. The van der Waals surface area contributed by atoms with Crippen molar-refractivity contribution in [2.45, 2.75) is 72.1 Å². The minimum Gasteiger partial charge on any atom is -0.490 e. The van der Waals surface area contributed by atoms with Crippen LogP contribution in [-0.4, -0.2) is 25.8 Å². The van der Waals surface area contributed by atoms with Crippen molar-refractivity contribution in [1.29, 1.82) is 0 Å². The molecule has 152 valence electrons. The molecule has 1 rings (SSSR count). The largest absolute Gasteiger partial charge is 0.490 e. The first-order valence-corrected chi connectivity index (χ1v) is 10.5. The van der Waals surface area contributed by atoms with Gasteiger partial charge in [-0.3, -0.25) is 0 Å². The van der Waals surface area contributed by atoms with Gasteiger partial charge in [-0.25, -0.2) is 4.79 Å². The Hall–Kier alpha value is -1.97. The molecule has 0 bridgehead atoms. The Morgan fingerprint density at radius 2 is 1.56 bits per heavy atom. The average Bonchev–Trinajstić information content (AvgIpc) is 2.67. The Balaban J connectivity index is 2.79. The van der Waals surface area contributed by atoms with Gasteiger partial charge in [-0.05, 0) is 31.9 Å². The van der Waals surface area contributed by atoms with Gasteiger partial charge in [0, 0.05) is 11.6 Å². The maximum atomic E-state index is 11.6. The summed E-state index contributed by atoms with van der Waals surface area (Å²) in [6, 6.07) is 5.79. The molecule has 0 radical (unpaired) electrons. The van der Waals surface area contributed by atoms with Crippen molar-refractivity contribution in [3.63, 3.8) is 0 Å². The Morgan fingerprint density at radius 1 is 0.889 bits per heavy atom. The van der Waals surface area contributed by atoms with Crippen LogP contribution >= 0.6 is 0 Å². The predicted molar refractivity (Wildman–Crippen MR) is 111 cm³/mol. The summed E-state index contributed by atoms with van der Waals surface area (Å²) < 4.78 is 17.0. The first-order valence-electron chi connectivity index (χ1n) is 10.5. The number of hydrogen-bond donors (Lipinski definition) is 0. The lowest BCUT2D eigenvalue weighted by Gasteiger charge is -2.15. The molecule has 0 N–H and O–H groups in total. The van der Waals surface area contributed by atoms with E-state index in [-0.39, 0.29) is 5.97 Å². The van der Waals surface area contributed by atoms with E-state index in [1.807, 2.05) is 18.2 Å². The van der Waals surface area contributed by atoms with Crippen molar-refractivity contribution >= 4 is 12.0 Å². The van der Waals surface area contributed by atoms with E-state index < -0.39 is 0 Å². The molecular formula is C23H36O4. The standard InChI is InChI=1S/C23H36O4/c1-4-7-9-11-18-26-21-15-13-14-20(16-17-22(24)25-6-3)23(21)27-19-12-10-8-5-2/h13-17H,4-12,18-19H2,1-3H3. The van der Waals surface area contributed by atoms with Crippen molar-refractivity contribution in [2.24, 2.45) is 0 Å². The van der Waals surface area contributed by atoms with Crippen LogP contribution in [0.5, 0.6) is 11.5 Å². The molecule has 0 aliphatic rings. The molecule has 0 heterocycles. The minimum absolute atomic E-state index is 0.350. The fourth-order valence-corrected chi connectivity index (χ4v) is 2.69. The van der Waals surface area contributed by atoms with Crippen LogP contribution in [0.3, 0.4) is 0 Å². The molecule has 0 saturated heterocycles. The summed E-state index contributed by atoms with van der Waals surface area (Å²) in [4.78, 5) is 11.6. The third-order valence-corrected chi connectivity index (χ3v) is 4.19. The molecule has 27 heavy (non-hydrogen) atoms. The number of benzene rings is 1. The van der Waals surface area contributed by atoms with Crippen LogP contribution in [0.15, 0.2) is 24.3 Å². The van der Waals surface area contributed by atoms with Crippen LogP contribution < -0.4 is 9.47 Å². The molecule has 1 aromatic carbocycles. The van der Waals surface area contributed by atoms with Gasteiger partial charge in [-0.2, -0.15) is 0 Å². The van der Waals surface area contributed by atoms with Crippen LogP contribution in [0.25, 0.3) is 6.08 Å². The van der Waals surface area contributed by atoms with Crippen molar-refractivity contribution in [3.8, 4) is 11.5 Å². The number of carbonyl (C=O) groups is 1. The average molecular weight is 377 g/mol. The Labute approximate surface area is 164 Å². The molecule has 0 aromatic heterocycles. The zero-order valence-electron chi connectivity index (χ0n) is 17.3. The van der Waals surface area contributed by atoms with E-state index in [0.717, 1.165) is 30.6 Å². The first kappa shape index (κ1) is 23.1. The summed E-state index contributed by atoms with van der Waals surface area (Å²) in [5.74, 6) is 1.11. The van der Waals surface area contributed by atoms with Gasteiger partial charge in [0.25, 0.3) is 0 Å². The molecule has 0 spiro atoms. The van der Waals surface area contributed by atoms with Gasteiger partial charge in [0.05, 0.1) is 19.8 Å². The number of carbonyl (C=O) groups excluding carboxylic acids is 1. The summed E-state index contributed by atoms with van der Waals surface area (Å²) >= 11 is 0. The number of hydrogen-bond acceptors (Lipinski definition) is 4. The quantitative estimate of drug-likeness (QED) is 0.208. The van der Waals surface area contributed by atoms with E-state index >= 15 is 0 Å². The summed E-state index contributed by atoms with van der Waals surface area (Å²) in [5.41, 5.74) is 0.838. The van der Waals surface area contributed by atoms with E-state index in [4.69, 9.17) is 14.2 Å². The highest BCUT2D eigenvalue weighted by molar-refractivity contribution is 5.87. The SMILES string of the molecule is CCCCCCOc1cccc(C=CC(=O)OCC)c1OCCCCCC. The first-order chi connectivity index (χ1) is 13.2. The molecule has 0 atom stereocenters. The van der Waals surface area contributed by atoms with Crippen molar-refractivity contribution in [2.75, 3.05) is 19.8 Å². The number of para-hydroxylation sites is 1. The second-order valence-corrected chi connectivity index (χ2v) is 6.58. The Bertz CT molecular complexity index is 551. The highest BCUT2D eigenvalue weighted by Crippen LogP contribution is 2.33. The Morgan fingerprint density at radius 3 is 2.19 bits per heavy atom. The lowest BCUT2D eigenvalue weighted by molar-refractivity contribution is -0.137. The van der Waals surface area contributed by atoms with E-state index in [1.54, 1.807) is 13.0 Å². The zero-order chi connectivity index (χ0) is 19.7. The predicted octanol–water partition coefficient (Wildman–Crippen LogP) is 6.18. The van der Waals surface area contributed by atoms with Crippen LogP contribution in [-0.2, 0) is 9.53 Å². The fourth-order valence-electron chi connectivity index (χ4n) is 2.69. The van der Waals surface area contributed by atoms with Gasteiger partial charge < -0.3 is 14.2 Å². The summed E-state index contributed by atoms with van der Waals surface area (Å²) in [7, 11) is 0. The van der Waals surface area contributed by atoms with Crippen molar-refractivity contribution in [3.05, 3.63) is 29.8 Å². The lowest BCUT2D eigenvalue weighted by atomic mass is 10.1. The highest BCUT2D eigenvalue weighted by atomic mass is 16.5. The molecule has 0 amide bonds. The summed E-state index contributed by atoms with van der Waals surface area (Å²) in [6.07, 6.45) is 12.4. The van der Waals surface area contributed by atoms with Gasteiger partial charge in [0.2, 0.25) is 0 Å². The van der Waals surface area contributed by atoms with E-state index in [0.29, 0.717) is 25.6 Å². The maximum Gasteiger partial charge on any atom is 0.330 e. The van der Waals surface area contributed by atoms with E-state index in [9.17, 15) is 4.79 Å². The molecule has 1 aromatic rings.